The van der Waals surface area contributed by atoms with E-state index in [0.717, 1.165) is 12.8 Å². The van der Waals surface area contributed by atoms with Gasteiger partial charge in [-0.05, 0) is 44.2 Å². The third-order valence-electron chi connectivity index (χ3n) is 5.01. The average Bonchev–Trinajstić information content (AvgIpc) is 2.70. The van der Waals surface area contributed by atoms with Gasteiger partial charge in [-0.2, -0.15) is 0 Å². The smallest absolute Gasteiger partial charge is 0.339 e. The Morgan fingerprint density at radius 3 is 1.96 bits per heavy atom. The molecular formula is C25H40O2S. The Morgan fingerprint density at radius 2 is 1.36 bits per heavy atom. The van der Waals surface area contributed by atoms with Crippen molar-refractivity contribution >= 4 is 18.6 Å². The van der Waals surface area contributed by atoms with E-state index in [9.17, 15) is 4.79 Å². The minimum atomic E-state index is -0.265. The van der Waals surface area contributed by atoms with E-state index in [1.54, 1.807) is 6.07 Å². The van der Waals surface area contributed by atoms with Crippen LogP contribution in [0, 0.1) is 0 Å². The van der Waals surface area contributed by atoms with E-state index < -0.39 is 0 Å². The van der Waals surface area contributed by atoms with Crippen molar-refractivity contribution in [2.45, 2.75) is 102 Å². The summed E-state index contributed by atoms with van der Waals surface area (Å²) in [7, 11) is 0. The van der Waals surface area contributed by atoms with E-state index in [1.807, 2.05) is 18.2 Å². The SMILES string of the molecule is CCCCCCCC/C=C\CCCCCCCCOC(=O)c1ccccc1S. The van der Waals surface area contributed by atoms with E-state index in [0.29, 0.717) is 17.1 Å². The largest absolute Gasteiger partial charge is 0.462 e. The Kier molecular flexibility index (Phi) is 15.8. The highest BCUT2D eigenvalue weighted by molar-refractivity contribution is 7.80. The Balaban J connectivity index is 1.85. The molecule has 2 nitrogen and oxygen atoms in total. The van der Waals surface area contributed by atoms with Crippen LogP contribution in [0.15, 0.2) is 41.3 Å². The minimum absolute atomic E-state index is 0.265. The second-order valence-electron chi connectivity index (χ2n) is 7.59. The molecular weight excluding hydrogens is 364 g/mol. The zero-order valence-corrected chi connectivity index (χ0v) is 18.7. The van der Waals surface area contributed by atoms with Crippen LogP contribution < -0.4 is 0 Å². The monoisotopic (exact) mass is 404 g/mol. The number of esters is 1. The van der Waals surface area contributed by atoms with Gasteiger partial charge >= 0.3 is 5.97 Å². The molecule has 0 aromatic heterocycles. The number of carbonyl (C=O) groups is 1. The summed E-state index contributed by atoms with van der Waals surface area (Å²) < 4.78 is 5.33. The van der Waals surface area contributed by atoms with Gasteiger partial charge < -0.3 is 4.74 Å². The van der Waals surface area contributed by atoms with Crippen molar-refractivity contribution in [1.82, 2.24) is 0 Å². The number of hydrogen-bond donors (Lipinski definition) is 1. The molecule has 0 aliphatic carbocycles. The van der Waals surface area contributed by atoms with Gasteiger partial charge in [0, 0.05) is 4.90 Å². The lowest BCUT2D eigenvalue weighted by molar-refractivity contribution is 0.0493. The number of rotatable bonds is 17. The molecule has 0 aliphatic rings. The fraction of sp³-hybridized carbons (Fsp3) is 0.640. The van der Waals surface area contributed by atoms with E-state index >= 15 is 0 Å². The third-order valence-corrected chi connectivity index (χ3v) is 5.40. The molecule has 0 spiro atoms. The summed E-state index contributed by atoms with van der Waals surface area (Å²) in [6, 6.07) is 7.26. The maximum absolute atomic E-state index is 11.9. The number of carbonyl (C=O) groups excluding carboxylic acids is 1. The van der Waals surface area contributed by atoms with E-state index in [-0.39, 0.29) is 5.97 Å². The van der Waals surface area contributed by atoms with Crippen molar-refractivity contribution in [1.29, 1.82) is 0 Å². The zero-order valence-electron chi connectivity index (χ0n) is 17.8. The van der Waals surface area contributed by atoms with Crippen LogP contribution in [0.3, 0.4) is 0 Å². The summed E-state index contributed by atoms with van der Waals surface area (Å²) in [5, 5.41) is 0. The molecule has 0 N–H and O–H groups in total. The average molecular weight is 405 g/mol. The molecule has 0 heterocycles. The highest BCUT2D eigenvalue weighted by Gasteiger charge is 2.09. The molecule has 0 aliphatic heterocycles. The molecule has 0 saturated carbocycles. The van der Waals surface area contributed by atoms with E-state index in [1.165, 1.54) is 77.0 Å². The lowest BCUT2D eigenvalue weighted by atomic mass is 10.1. The van der Waals surface area contributed by atoms with E-state index in [4.69, 9.17) is 4.74 Å². The molecule has 0 atom stereocenters. The van der Waals surface area contributed by atoms with Crippen LogP contribution in [0.1, 0.15) is 107 Å². The summed E-state index contributed by atoms with van der Waals surface area (Å²) in [5.41, 5.74) is 0.551. The van der Waals surface area contributed by atoms with Crippen LogP contribution in [0.2, 0.25) is 0 Å². The lowest BCUT2D eigenvalue weighted by Crippen LogP contribution is -2.07. The van der Waals surface area contributed by atoms with Crippen molar-refractivity contribution < 1.29 is 9.53 Å². The molecule has 158 valence electrons. The highest BCUT2D eigenvalue weighted by atomic mass is 32.1. The fourth-order valence-corrected chi connectivity index (χ4v) is 3.49. The van der Waals surface area contributed by atoms with Crippen molar-refractivity contribution in [2.75, 3.05) is 6.61 Å². The van der Waals surface area contributed by atoms with Gasteiger partial charge in [-0.15, -0.1) is 12.6 Å². The number of unbranched alkanes of at least 4 members (excludes halogenated alkanes) is 12. The molecule has 0 radical (unpaired) electrons. The van der Waals surface area contributed by atoms with Crippen LogP contribution in [0.5, 0.6) is 0 Å². The second kappa shape index (κ2) is 17.8. The van der Waals surface area contributed by atoms with Gasteiger partial charge in [-0.25, -0.2) is 4.79 Å². The molecule has 28 heavy (non-hydrogen) atoms. The first-order chi connectivity index (χ1) is 13.8. The van der Waals surface area contributed by atoms with Crippen LogP contribution in [-0.4, -0.2) is 12.6 Å². The van der Waals surface area contributed by atoms with Gasteiger partial charge in [0.05, 0.1) is 12.2 Å². The summed E-state index contributed by atoms with van der Waals surface area (Å²) in [6.07, 6.45) is 22.7. The minimum Gasteiger partial charge on any atom is -0.462 e. The van der Waals surface area contributed by atoms with Gasteiger partial charge in [0.25, 0.3) is 0 Å². The van der Waals surface area contributed by atoms with Gasteiger partial charge in [-0.1, -0.05) is 89.0 Å². The molecule has 3 heteroatoms. The zero-order chi connectivity index (χ0) is 20.3. The van der Waals surface area contributed by atoms with Crippen LogP contribution in [0.25, 0.3) is 0 Å². The lowest BCUT2D eigenvalue weighted by Gasteiger charge is -2.06. The number of benzene rings is 1. The summed E-state index contributed by atoms with van der Waals surface area (Å²) >= 11 is 4.29. The topological polar surface area (TPSA) is 26.3 Å². The van der Waals surface area contributed by atoms with Gasteiger partial charge in [0.2, 0.25) is 0 Å². The number of allylic oxidation sites excluding steroid dienone is 2. The first kappa shape index (κ1) is 24.8. The number of hydrogen-bond acceptors (Lipinski definition) is 3. The van der Waals surface area contributed by atoms with Crippen LogP contribution in [0.4, 0.5) is 0 Å². The number of thiol groups is 1. The van der Waals surface area contributed by atoms with Gasteiger partial charge in [0.1, 0.15) is 0 Å². The molecule has 1 aromatic rings. The molecule has 0 saturated heterocycles. The summed E-state index contributed by atoms with van der Waals surface area (Å²) in [4.78, 5) is 12.6. The fourth-order valence-electron chi connectivity index (χ4n) is 3.24. The maximum Gasteiger partial charge on any atom is 0.339 e. The van der Waals surface area contributed by atoms with E-state index in [2.05, 4.69) is 31.7 Å². The maximum atomic E-state index is 11.9. The standard InChI is InChI=1S/C25H40O2S/c1-2-3-4-5-6-7-8-9-10-11-12-13-14-15-16-19-22-27-25(26)23-20-17-18-21-24(23)28/h9-10,17-18,20-21,28H,2-8,11-16,19,22H2,1H3/b10-9-. The third kappa shape index (κ3) is 13.0. The van der Waals surface area contributed by atoms with Crippen molar-refractivity contribution in [3.05, 3.63) is 42.0 Å². The second-order valence-corrected chi connectivity index (χ2v) is 8.07. The van der Waals surface area contributed by atoms with Crippen molar-refractivity contribution in [2.24, 2.45) is 0 Å². The van der Waals surface area contributed by atoms with Crippen molar-refractivity contribution in [3.8, 4) is 0 Å². The molecule has 0 unspecified atom stereocenters. The van der Waals surface area contributed by atoms with Gasteiger partial charge in [0.15, 0.2) is 0 Å². The summed E-state index contributed by atoms with van der Waals surface area (Å²) in [5.74, 6) is -0.265. The van der Waals surface area contributed by atoms with Crippen molar-refractivity contribution in [3.63, 3.8) is 0 Å². The molecule has 1 rings (SSSR count). The van der Waals surface area contributed by atoms with Crippen LogP contribution >= 0.6 is 12.6 Å². The molecule has 0 fully saturated rings. The Labute approximate surface area is 178 Å². The summed E-state index contributed by atoms with van der Waals surface area (Å²) in [6.45, 7) is 2.77. The van der Waals surface area contributed by atoms with Gasteiger partial charge in [-0.3, -0.25) is 0 Å². The Hall–Kier alpha value is -1.22. The predicted octanol–water partition coefficient (Wildman–Crippen LogP) is 8.17. The molecule has 0 amide bonds. The Morgan fingerprint density at radius 1 is 0.821 bits per heavy atom. The highest BCUT2D eigenvalue weighted by Crippen LogP contribution is 2.14. The normalized spacial score (nSPS) is 11.2. The number of ether oxygens (including phenoxy) is 1. The molecule has 1 aromatic carbocycles. The first-order valence-electron chi connectivity index (χ1n) is 11.4. The Bertz CT molecular complexity index is 539. The first-order valence-corrected chi connectivity index (χ1v) is 11.8. The van der Waals surface area contributed by atoms with Crippen LogP contribution in [-0.2, 0) is 4.74 Å². The predicted molar refractivity (Wildman–Crippen MR) is 123 cm³/mol. The molecule has 0 bridgehead atoms. The quantitative estimate of drug-likeness (QED) is 0.123.